The number of carbonyl (C=O) groups is 2. The van der Waals surface area contributed by atoms with Gasteiger partial charge in [0.1, 0.15) is 5.60 Å². The summed E-state index contributed by atoms with van der Waals surface area (Å²) in [5.74, 6) is -0.114. The molecule has 0 aromatic heterocycles. The van der Waals surface area contributed by atoms with Gasteiger partial charge in [-0.3, -0.25) is 4.79 Å². The fourth-order valence-corrected chi connectivity index (χ4v) is 2.55. The van der Waals surface area contributed by atoms with Crippen molar-refractivity contribution in [2.24, 2.45) is 0 Å². The van der Waals surface area contributed by atoms with Crippen LogP contribution in [0.3, 0.4) is 0 Å². The van der Waals surface area contributed by atoms with Gasteiger partial charge in [-0.1, -0.05) is 42.5 Å². The lowest BCUT2D eigenvalue weighted by molar-refractivity contribution is -0.121. The highest BCUT2D eigenvalue weighted by molar-refractivity contribution is 5.86. The summed E-state index contributed by atoms with van der Waals surface area (Å²) in [6, 6.07) is 13.8. The van der Waals surface area contributed by atoms with Gasteiger partial charge in [-0.15, -0.1) is 0 Å². The molecule has 0 saturated heterocycles. The predicted octanol–water partition coefficient (Wildman–Crippen LogP) is 3.76. The molecule has 2 N–H and O–H groups in total. The predicted molar refractivity (Wildman–Crippen MR) is 99.2 cm³/mol. The van der Waals surface area contributed by atoms with E-state index in [2.05, 4.69) is 10.6 Å². The Hall–Kier alpha value is -2.56. The molecule has 5 nitrogen and oxygen atoms in total. The summed E-state index contributed by atoms with van der Waals surface area (Å²) in [4.78, 5) is 23.8. The van der Waals surface area contributed by atoms with Crippen LogP contribution in [0.4, 0.5) is 4.79 Å². The van der Waals surface area contributed by atoms with E-state index in [4.69, 9.17) is 4.74 Å². The Morgan fingerprint density at radius 3 is 2.48 bits per heavy atom. The van der Waals surface area contributed by atoms with Crippen molar-refractivity contribution in [1.82, 2.24) is 10.6 Å². The fraction of sp³-hybridized carbons (Fsp3) is 0.400. The SMILES string of the molecule is C[C@@H](CC(=O)NCc1cccc2ccccc12)NC(=O)OC(C)(C)C. The average Bonchev–Trinajstić information content (AvgIpc) is 2.50. The first-order valence-electron chi connectivity index (χ1n) is 8.47. The Morgan fingerprint density at radius 2 is 1.76 bits per heavy atom. The van der Waals surface area contributed by atoms with E-state index in [-0.39, 0.29) is 18.4 Å². The van der Waals surface area contributed by atoms with Crippen LogP contribution in [0.25, 0.3) is 10.8 Å². The van der Waals surface area contributed by atoms with E-state index in [0.29, 0.717) is 6.54 Å². The molecule has 1 atom stereocenters. The Kier molecular flexibility index (Phi) is 6.02. The lowest BCUT2D eigenvalue weighted by Crippen LogP contribution is -2.40. The van der Waals surface area contributed by atoms with Gasteiger partial charge in [-0.2, -0.15) is 0 Å². The van der Waals surface area contributed by atoms with Crippen molar-refractivity contribution in [3.8, 4) is 0 Å². The van der Waals surface area contributed by atoms with Crippen molar-refractivity contribution in [2.45, 2.75) is 52.3 Å². The summed E-state index contributed by atoms with van der Waals surface area (Å²) in [6.07, 6.45) is -0.314. The molecule has 0 radical (unpaired) electrons. The first-order chi connectivity index (χ1) is 11.7. The molecule has 134 valence electrons. The minimum absolute atomic E-state index is 0.114. The zero-order valence-corrected chi connectivity index (χ0v) is 15.3. The lowest BCUT2D eigenvalue weighted by Gasteiger charge is -2.21. The van der Waals surface area contributed by atoms with Crippen LogP contribution in [-0.4, -0.2) is 23.6 Å². The highest BCUT2D eigenvalue weighted by atomic mass is 16.6. The third kappa shape index (κ3) is 6.10. The fourth-order valence-electron chi connectivity index (χ4n) is 2.55. The maximum absolute atomic E-state index is 12.1. The third-order valence-corrected chi connectivity index (χ3v) is 3.61. The smallest absolute Gasteiger partial charge is 0.407 e. The molecule has 0 spiro atoms. The summed E-state index contributed by atoms with van der Waals surface area (Å²) < 4.78 is 5.19. The molecule has 2 aromatic carbocycles. The normalized spacial score (nSPS) is 12.5. The second-order valence-corrected chi connectivity index (χ2v) is 7.17. The Morgan fingerprint density at radius 1 is 1.08 bits per heavy atom. The molecule has 0 aliphatic rings. The Bertz CT molecular complexity index is 745. The van der Waals surface area contributed by atoms with Gasteiger partial charge in [0.15, 0.2) is 0 Å². The standard InChI is InChI=1S/C20H26N2O3/c1-14(22-19(24)25-20(2,3)4)12-18(23)21-13-16-10-7-9-15-8-5-6-11-17(15)16/h5-11,14H,12-13H2,1-4H3,(H,21,23)(H,22,24)/t14-/m0/s1. The molecule has 0 bridgehead atoms. The van der Waals surface area contributed by atoms with E-state index in [1.807, 2.05) is 42.5 Å². The highest BCUT2D eigenvalue weighted by Crippen LogP contribution is 2.18. The van der Waals surface area contributed by atoms with Crippen molar-refractivity contribution in [1.29, 1.82) is 0 Å². The van der Waals surface area contributed by atoms with E-state index < -0.39 is 11.7 Å². The minimum Gasteiger partial charge on any atom is -0.444 e. The second-order valence-electron chi connectivity index (χ2n) is 7.17. The third-order valence-electron chi connectivity index (χ3n) is 3.61. The molecule has 0 unspecified atom stereocenters. The highest BCUT2D eigenvalue weighted by Gasteiger charge is 2.18. The monoisotopic (exact) mass is 342 g/mol. The summed E-state index contributed by atoms with van der Waals surface area (Å²) in [5, 5.41) is 7.86. The quantitative estimate of drug-likeness (QED) is 0.869. The molecule has 0 heterocycles. The molecule has 0 aliphatic heterocycles. The summed E-state index contributed by atoms with van der Waals surface area (Å²) >= 11 is 0. The minimum atomic E-state index is -0.555. The van der Waals surface area contributed by atoms with Gasteiger partial charge in [-0.05, 0) is 44.0 Å². The van der Waals surface area contributed by atoms with Crippen LogP contribution in [0.15, 0.2) is 42.5 Å². The van der Waals surface area contributed by atoms with Crippen LogP contribution in [0.1, 0.15) is 39.7 Å². The van der Waals surface area contributed by atoms with Gasteiger partial charge in [0.05, 0.1) is 0 Å². The van der Waals surface area contributed by atoms with Crippen LogP contribution >= 0.6 is 0 Å². The Labute approximate surface area is 148 Å². The zero-order chi connectivity index (χ0) is 18.4. The van der Waals surface area contributed by atoms with E-state index in [1.54, 1.807) is 27.7 Å². The number of nitrogens with one attached hydrogen (secondary N) is 2. The molecule has 0 saturated carbocycles. The number of benzene rings is 2. The van der Waals surface area contributed by atoms with E-state index in [1.165, 1.54) is 0 Å². The van der Waals surface area contributed by atoms with Crippen molar-refractivity contribution in [2.75, 3.05) is 0 Å². The molecule has 2 rings (SSSR count). The Balaban J connectivity index is 1.85. The van der Waals surface area contributed by atoms with Gasteiger partial charge >= 0.3 is 6.09 Å². The molecule has 2 aromatic rings. The van der Waals surface area contributed by atoms with Gasteiger partial charge < -0.3 is 15.4 Å². The number of hydrogen-bond acceptors (Lipinski definition) is 3. The number of hydrogen-bond donors (Lipinski definition) is 2. The van der Waals surface area contributed by atoms with Crippen molar-refractivity contribution < 1.29 is 14.3 Å². The van der Waals surface area contributed by atoms with Gasteiger partial charge in [-0.25, -0.2) is 4.79 Å². The average molecular weight is 342 g/mol. The van der Waals surface area contributed by atoms with Gasteiger partial charge in [0, 0.05) is 19.0 Å². The number of ether oxygens (including phenoxy) is 1. The lowest BCUT2D eigenvalue weighted by atomic mass is 10.0. The number of fused-ring (bicyclic) bond motifs is 1. The molecular weight excluding hydrogens is 316 g/mol. The molecule has 2 amide bonds. The van der Waals surface area contributed by atoms with Crippen LogP contribution in [-0.2, 0) is 16.1 Å². The summed E-state index contributed by atoms with van der Waals surface area (Å²) in [5.41, 5.74) is 0.514. The molecule has 0 aliphatic carbocycles. The molecule has 0 fully saturated rings. The van der Waals surface area contributed by atoms with Crippen molar-refractivity contribution in [3.05, 3.63) is 48.0 Å². The van der Waals surface area contributed by atoms with Gasteiger partial charge in [0.2, 0.25) is 5.91 Å². The zero-order valence-electron chi connectivity index (χ0n) is 15.3. The maximum atomic E-state index is 12.1. The second kappa shape index (κ2) is 8.01. The van der Waals surface area contributed by atoms with Crippen LogP contribution in [0.5, 0.6) is 0 Å². The van der Waals surface area contributed by atoms with Crippen molar-refractivity contribution >= 4 is 22.8 Å². The molecule has 25 heavy (non-hydrogen) atoms. The topological polar surface area (TPSA) is 67.4 Å². The largest absolute Gasteiger partial charge is 0.444 e. The first-order valence-corrected chi connectivity index (χ1v) is 8.47. The van der Waals surface area contributed by atoms with E-state index in [9.17, 15) is 9.59 Å². The number of rotatable bonds is 5. The van der Waals surface area contributed by atoms with Crippen LogP contribution < -0.4 is 10.6 Å². The van der Waals surface area contributed by atoms with Crippen LogP contribution in [0.2, 0.25) is 0 Å². The number of amides is 2. The van der Waals surface area contributed by atoms with E-state index in [0.717, 1.165) is 16.3 Å². The first kappa shape index (κ1) is 18.8. The maximum Gasteiger partial charge on any atom is 0.407 e. The molecular formula is C20H26N2O3. The van der Waals surface area contributed by atoms with Gasteiger partial charge in [0.25, 0.3) is 0 Å². The number of alkyl carbamates (subject to hydrolysis) is 1. The van der Waals surface area contributed by atoms with Crippen molar-refractivity contribution in [3.63, 3.8) is 0 Å². The van der Waals surface area contributed by atoms with E-state index >= 15 is 0 Å². The summed E-state index contributed by atoms with van der Waals surface area (Å²) in [7, 11) is 0. The molecule has 5 heteroatoms. The summed E-state index contributed by atoms with van der Waals surface area (Å²) in [6.45, 7) is 7.64. The van der Waals surface area contributed by atoms with Crippen LogP contribution in [0, 0.1) is 0 Å². The number of carbonyl (C=O) groups excluding carboxylic acids is 2.